The molecular formula is C12H10BrNOS2. The second-order valence-corrected chi connectivity index (χ2v) is 5.76. The highest BCUT2D eigenvalue weighted by Crippen LogP contribution is 2.21. The average molecular weight is 328 g/mol. The van der Waals surface area contributed by atoms with Crippen molar-refractivity contribution in [2.24, 2.45) is 5.73 Å². The van der Waals surface area contributed by atoms with Crippen LogP contribution in [0.4, 0.5) is 0 Å². The van der Waals surface area contributed by atoms with Gasteiger partial charge in [0.15, 0.2) is 0 Å². The van der Waals surface area contributed by atoms with Gasteiger partial charge in [0.1, 0.15) is 17.3 Å². The zero-order valence-corrected chi connectivity index (χ0v) is 12.1. The van der Waals surface area contributed by atoms with E-state index in [9.17, 15) is 0 Å². The number of hydrogen-bond acceptors (Lipinski definition) is 3. The monoisotopic (exact) mass is 327 g/mol. The minimum atomic E-state index is 0.402. The van der Waals surface area contributed by atoms with Crippen molar-refractivity contribution in [2.45, 2.75) is 6.61 Å². The SMILES string of the molecule is NC(=S)c1ccc(OCc2cc(Br)cs2)cc1. The van der Waals surface area contributed by atoms with Crippen LogP contribution in [0.3, 0.4) is 0 Å². The Kier molecular flexibility index (Phi) is 4.15. The molecule has 2 aromatic rings. The first-order valence-corrected chi connectivity index (χ1v) is 6.99. The van der Waals surface area contributed by atoms with Gasteiger partial charge in [-0.1, -0.05) is 12.2 Å². The summed E-state index contributed by atoms with van der Waals surface area (Å²) in [6.07, 6.45) is 0. The predicted octanol–water partition coefficient (Wildman–Crippen LogP) is 3.72. The van der Waals surface area contributed by atoms with Gasteiger partial charge in [0.25, 0.3) is 0 Å². The van der Waals surface area contributed by atoms with Gasteiger partial charge >= 0.3 is 0 Å². The maximum absolute atomic E-state index is 5.65. The molecule has 5 heteroatoms. The van der Waals surface area contributed by atoms with Gasteiger partial charge in [-0.3, -0.25) is 0 Å². The zero-order chi connectivity index (χ0) is 12.3. The Bertz CT molecular complexity index is 522. The molecule has 0 unspecified atom stereocenters. The summed E-state index contributed by atoms with van der Waals surface area (Å²) in [5.74, 6) is 0.814. The summed E-state index contributed by atoms with van der Waals surface area (Å²) in [4.78, 5) is 1.58. The molecule has 0 amide bonds. The van der Waals surface area contributed by atoms with Crippen LogP contribution in [0, 0.1) is 0 Å². The molecule has 0 saturated heterocycles. The van der Waals surface area contributed by atoms with Crippen LogP contribution in [0.15, 0.2) is 40.2 Å². The molecule has 1 aromatic heterocycles. The van der Waals surface area contributed by atoms with E-state index >= 15 is 0 Å². The summed E-state index contributed by atoms with van der Waals surface area (Å²) in [7, 11) is 0. The lowest BCUT2D eigenvalue weighted by Crippen LogP contribution is -2.08. The van der Waals surface area contributed by atoms with Crippen LogP contribution in [0.5, 0.6) is 5.75 Å². The predicted molar refractivity (Wildman–Crippen MR) is 78.7 cm³/mol. The highest BCUT2D eigenvalue weighted by Gasteiger charge is 2.00. The van der Waals surface area contributed by atoms with Gasteiger partial charge in [-0.2, -0.15) is 0 Å². The van der Waals surface area contributed by atoms with E-state index in [4.69, 9.17) is 22.7 Å². The Labute approximate surface area is 118 Å². The fourth-order valence-electron chi connectivity index (χ4n) is 1.30. The van der Waals surface area contributed by atoms with E-state index in [1.807, 2.05) is 35.7 Å². The average Bonchev–Trinajstić information content (AvgIpc) is 2.73. The van der Waals surface area contributed by atoms with E-state index < -0.39 is 0 Å². The molecule has 2 nitrogen and oxygen atoms in total. The maximum atomic E-state index is 5.65. The molecule has 88 valence electrons. The molecule has 0 fully saturated rings. The van der Waals surface area contributed by atoms with Gasteiger partial charge in [0.05, 0.1) is 0 Å². The first-order valence-electron chi connectivity index (χ1n) is 4.91. The quantitative estimate of drug-likeness (QED) is 0.869. The van der Waals surface area contributed by atoms with Crippen molar-refractivity contribution in [1.29, 1.82) is 0 Å². The number of halogens is 1. The topological polar surface area (TPSA) is 35.2 Å². The van der Waals surface area contributed by atoms with Crippen molar-refractivity contribution < 1.29 is 4.74 Å². The van der Waals surface area contributed by atoms with Crippen molar-refractivity contribution >= 4 is 44.5 Å². The summed E-state index contributed by atoms with van der Waals surface area (Å²) >= 11 is 9.96. The molecule has 17 heavy (non-hydrogen) atoms. The Morgan fingerprint density at radius 2 is 2.06 bits per heavy atom. The second-order valence-electron chi connectivity index (χ2n) is 3.41. The van der Waals surface area contributed by atoms with E-state index in [0.29, 0.717) is 11.6 Å². The zero-order valence-electron chi connectivity index (χ0n) is 8.85. The third-order valence-corrected chi connectivity index (χ3v) is 4.05. The van der Waals surface area contributed by atoms with Crippen molar-refractivity contribution in [3.05, 3.63) is 50.6 Å². The van der Waals surface area contributed by atoms with E-state index in [1.165, 1.54) is 4.88 Å². The molecule has 0 bridgehead atoms. The largest absolute Gasteiger partial charge is 0.488 e. The molecule has 1 aromatic carbocycles. The van der Waals surface area contributed by atoms with Gasteiger partial charge in [-0.25, -0.2) is 0 Å². The third kappa shape index (κ3) is 3.52. The van der Waals surface area contributed by atoms with Gasteiger partial charge < -0.3 is 10.5 Å². The van der Waals surface area contributed by atoms with Gasteiger partial charge in [-0.15, -0.1) is 11.3 Å². The number of thiocarbonyl (C=S) groups is 1. The van der Waals surface area contributed by atoms with Crippen molar-refractivity contribution in [1.82, 2.24) is 0 Å². The fraction of sp³-hybridized carbons (Fsp3) is 0.0833. The molecular weight excluding hydrogens is 318 g/mol. The normalized spacial score (nSPS) is 10.2. The lowest BCUT2D eigenvalue weighted by Gasteiger charge is -2.05. The Morgan fingerprint density at radius 3 is 2.59 bits per heavy atom. The van der Waals surface area contributed by atoms with Crippen LogP contribution >= 0.6 is 39.5 Å². The van der Waals surface area contributed by atoms with E-state index in [1.54, 1.807) is 11.3 Å². The van der Waals surface area contributed by atoms with E-state index in [-0.39, 0.29) is 0 Å². The molecule has 0 atom stereocenters. The van der Waals surface area contributed by atoms with Crippen LogP contribution in [-0.4, -0.2) is 4.99 Å². The molecule has 0 aliphatic carbocycles. The van der Waals surface area contributed by atoms with Crippen LogP contribution in [0.25, 0.3) is 0 Å². The number of ether oxygens (including phenoxy) is 1. The number of benzene rings is 1. The molecule has 2 N–H and O–H groups in total. The van der Waals surface area contributed by atoms with Gasteiger partial charge in [0.2, 0.25) is 0 Å². The molecule has 0 aliphatic heterocycles. The Balaban J connectivity index is 1.97. The molecule has 0 radical (unpaired) electrons. The van der Waals surface area contributed by atoms with E-state index in [2.05, 4.69) is 15.9 Å². The standard InChI is InChI=1S/C12H10BrNOS2/c13-9-5-11(17-7-9)6-15-10-3-1-8(2-4-10)12(14)16/h1-5,7H,6H2,(H2,14,16). The third-order valence-electron chi connectivity index (χ3n) is 2.14. The molecule has 1 heterocycles. The van der Waals surface area contributed by atoms with Crippen molar-refractivity contribution in [3.63, 3.8) is 0 Å². The fourth-order valence-corrected chi connectivity index (χ4v) is 2.80. The minimum Gasteiger partial charge on any atom is -0.488 e. The van der Waals surface area contributed by atoms with Crippen LogP contribution in [0.1, 0.15) is 10.4 Å². The molecule has 0 saturated carbocycles. The van der Waals surface area contributed by atoms with Crippen molar-refractivity contribution in [2.75, 3.05) is 0 Å². The van der Waals surface area contributed by atoms with Gasteiger partial charge in [-0.05, 0) is 46.3 Å². The van der Waals surface area contributed by atoms with Crippen LogP contribution < -0.4 is 10.5 Å². The number of thiophene rings is 1. The lowest BCUT2D eigenvalue weighted by molar-refractivity contribution is 0.310. The van der Waals surface area contributed by atoms with Gasteiger partial charge in [0, 0.05) is 20.3 Å². The number of hydrogen-bond donors (Lipinski definition) is 1. The Hall–Kier alpha value is -0.910. The highest BCUT2D eigenvalue weighted by molar-refractivity contribution is 9.10. The highest BCUT2D eigenvalue weighted by atomic mass is 79.9. The smallest absolute Gasteiger partial charge is 0.122 e. The summed E-state index contributed by atoms with van der Waals surface area (Å²) < 4.78 is 6.73. The molecule has 2 rings (SSSR count). The second kappa shape index (κ2) is 5.62. The first-order chi connectivity index (χ1) is 8.15. The number of nitrogens with two attached hydrogens (primary N) is 1. The summed E-state index contributed by atoms with van der Waals surface area (Å²) in [5, 5.41) is 2.04. The summed E-state index contributed by atoms with van der Waals surface area (Å²) in [6, 6.07) is 9.52. The number of rotatable bonds is 4. The summed E-state index contributed by atoms with van der Waals surface area (Å²) in [5.41, 5.74) is 6.37. The van der Waals surface area contributed by atoms with Crippen LogP contribution in [-0.2, 0) is 6.61 Å². The maximum Gasteiger partial charge on any atom is 0.122 e. The van der Waals surface area contributed by atoms with E-state index in [0.717, 1.165) is 15.8 Å². The molecule has 0 aliphatic rings. The van der Waals surface area contributed by atoms with Crippen molar-refractivity contribution in [3.8, 4) is 5.75 Å². The summed E-state index contributed by atoms with van der Waals surface area (Å²) in [6.45, 7) is 0.572. The minimum absolute atomic E-state index is 0.402. The van der Waals surface area contributed by atoms with Crippen LogP contribution in [0.2, 0.25) is 0 Å². The Morgan fingerprint density at radius 1 is 1.35 bits per heavy atom. The lowest BCUT2D eigenvalue weighted by atomic mass is 10.2. The first kappa shape index (κ1) is 12.5. The molecule has 0 spiro atoms.